The van der Waals surface area contributed by atoms with Crippen molar-refractivity contribution in [2.24, 2.45) is 5.41 Å². The quantitative estimate of drug-likeness (QED) is 0.944. The molecule has 0 aliphatic carbocycles. The fourth-order valence-corrected chi connectivity index (χ4v) is 3.33. The number of hydrogen-bond donors (Lipinski definition) is 1. The molecule has 1 N–H and O–H groups in total. The van der Waals surface area contributed by atoms with Gasteiger partial charge < -0.3 is 9.32 Å². The Balaban J connectivity index is 1.92. The van der Waals surface area contributed by atoms with Gasteiger partial charge in [0.05, 0.1) is 6.17 Å². The summed E-state index contributed by atoms with van der Waals surface area (Å²) >= 11 is 0. The van der Waals surface area contributed by atoms with Gasteiger partial charge in [0.15, 0.2) is 5.42 Å². The summed E-state index contributed by atoms with van der Waals surface area (Å²) in [5.74, 6) is 0. The second-order valence-electron chi connectivity index (χ2n) is 7.61. The lowest BCUT2D eigenvalue weighted by molar-refractivity contribution is 0.271. The summed E-state index contributed by atoms with van der Waals surface area (Å²) in [6.07, 6.45) is 5.72. The van der Waals surface area contributed by atoms with Crippen LogP contribution in [0, 0.1) is 5.41 Å². The second-order valence-corrected chi connectivity index (χ2v) is 7.61. The maximum Gasteiger partial charge on any atom is 0.151 e. The second kappa shape index (κ2) is 5.47. The summed E-state index contributed by atoms with van der Waals surface area (Å²) in [6.45, 7) is 9.11. The van der Waals surface area contributed by atoms with Crippen molar-refractivity contribution >= 4 is 23.2 Å². The zero-order chi connectivity index (χ0) is 15.9. The number of rotatable bonds is 3. The summed E-state index contributed by atoms with van der Waals surface area (Å²) in [5.41, 5.74) is 2.23. The number of furan rings is 1. The molecule has 0 radical (unpaired) electrons. The molecule has 3 rings (SSSR count). The minimum Gasteiger partial charge on any atom is -0.455 e. The summed E-state index contributed by atoms with van der Waals surface area (Å²) in [6, 6.07) is 8.69. The molecule has 2 aromatic rings. The molecule has 1 aliphatic heterocycles. The number of nitrogens with one attached hydrogen (secondary N) is 1. The van der Waals surface area contributed by atoms with Gasteiger partial charge in [-0.05, 0) is 30.9 Å². The van der Waals surface area contributed by atoms with E-state index in [1.165, 1.54) is 10.6 Å². The van der Waals surface area contributed by atoms with Gasteiger partial charge in [0.25, 0.3) is 0 Å². The molecule has 0 spiro atoms. The molecule has 3 nitrogen and oxygen atoms in total. The lowest BCUT2D eigenvalue weighted by Crippen LogP contribution is -2.49. The molecule has 118 valence electrons. The van der Waals surface area contributed by atoms with E-state index in [-0.39, 0.29) is 6.17 Å². The monoisotopic (exact) mass is 298 g/mol. The third-order valence-corrected chi connectivity index (χ3v) is 4.12. The van der Waals surface area contributed by atoms with E-state index in [0.717, 1.165) is 17.4 Å². The molecule has 22 heavy (non-hydrogen) atoms. The molecule has 2 heterocycles. The summed E-state index contributed by atoms with van der Waals surface area (Å²) in [5, 5.41) is 6.11. The predicted molar refractivity (Wildman–Crippen MR) is 92.6 cm³/mol. The third-order valence-electron chi connectivity index (χ3n) is 4.12. The smallest absolute Gasteiger partial charge is 0.151 e. The van der Waals surface area contributed by atoms with Crippen molar-refractivity contribution in [2.75, 3.05) is 7.05 Å². The molecule has 3 heteroatoms. The van der Waals surface area contributed by atoms with E-state index in [4.69, 9.17) is 4.42 Å². The molecule has 0 fully saturated rings. The minimum atomic E-state index is 0.200. The molecule has 0 bridgehead atoms. The van der Waals surface area contributed by atoms with Crippen molar-refractivity contribution in [2.45, 2.75) is 46.3 Å². The number of nitrogens with zero attached hydrogens (tertiary/aromatic N) is 1. The zero-order valence-electron chi connectivity index (χ0n) is 14.2. The average molecular weight is 298 g/mol. The Labute approximate surface area is 132 Å². The maximum atomic E-state index is 5.94. The van der Waals surface area contributed by atoms with Gasteiger partial charge in [0.2, 0.25) is 0 Å². The molecular formula is C19H26N2O. The number of hydrogen-bond acceptors (Lipinski definition) is 3. The van der Waals surface area contributed by atoms with Crippen LogP contribution in [0.5, 0.6) is 0 Å². The van der Waals surface area contributed by atoms with Crippen LogP contribution < -0.4 is 16.0 Å². The molecule has 1 unspecified atom stereocenters. The first-order valence-corrected chi connectivity index (χ1v) is 8.03. The van der Waals surface area contributed by atoms with E-state index in [1.807, 2.05) is 12.1 Å². The molecule has 0 amide bonds. The van der Waals surface area contributed by atoms with Crippen LogP contribution in [-0.2, 0) is 0 Å². The van der Waals surface area contributed by atoms with Crippen molar-refractivity contribution in [3.8, 4) is 0 Å². The van der Waals surface area contributed by atoms with Crippen molar-refractivity contribution < 1.29 is 4.42 Å². The minimum absolute atomic E-state index is 0.200. The average Bonchev–Trinajstić information content (AvgIpc) is 2.74. The van der Waals surface area contributed by atoms with Crippen LogP contribution in [0.15, 0.2) is 28.7 Å². The first-order chi connectivity index (χ1) is 10.3. The Morgan fingerprint density at radius 2 is 2.00 bits per heavy atom. The van der Waals surface area contributed by atoms with Gasteiger partial charge in [-0.1, -0.05) is 39.0 Å². The first kappa shape index (κ1) is 15.2. The molecular weight excluding hydrogens is 272 g/mol. The highest BCUT2D eigenvalue weighted by molar-refractivity contribution is 5.79. The third kappa shape index (κ3) is 3.05. The van der Waals surface area contributed by atoms with Crippen LogP contribution >= 0.6 is 0 Å². The van der Waals surface area contributed by atoms with Crippen molar-refractivity contribution in [3.63, 3.8) is 0 Å². The van der Waals surface area contributed by atoms with Gasteiger partial charge in [-0.3, -0.25) is 5.32 Å². The van der Waals surface area contributed by atoms with E-state index < -0.39 is 0 Å². The Morgan fingerprint density at radius 1 is 1.27 bits per heavy atom. The van der Waals surface area contributed by atoms with Gasteiger partial charge in [-0.2, -0.15) is 0 Å². The molecule has 1 aromatic carbocycles. The highest BCUT2D eigenvalue weighted by Crippen LogP contribution is 2.21. The molecule has 1 aromatic heterocycles. The molecule has 2 atom stereocenters. The fourth-order valence-electron chi connectivity index (χ4n) is 3.33. The van der Waals surface area contributed by atoms with Crippen LogP contribution in [0.1, 0.15) is 34.1 Å². The summed E-state index contributed by atoms with van der Waals surface area (Å²) in [7, 11) is 2.09. The van der Waals surface area contributed by atoms with Crippen molar-refractivity contribution in [1.29, 1.82) is 0 Å². The standard InChI is InChI=1S/C19H26N2O/c1-13(11-19(2,3)4)20-18-10-15-14-8-6-7-9-16(14)22-17(15)12-21(18)5/h6-10,12-13,18,20H,11H2,1-5H3/t13-,18?/m1/s1. The van der Waals surface area contributed by atoms with Crippen molar-refractivity contribution in [3.05, 3.63) is 34.9 Å². The lowest BCUT2D eigenvalue weighted by atomic mass is 9.88. The van der Waals surface area contributed by atoms with Gasteiger partial charge in [-0.15, -0.1) is 0 Å². The zero-order valence-corrected chi connectivity index (χ0v) is 14.2. The highest BCUT2D eigenvalue weighted by Gasteiger charge is 2.21. The van der Waals surface area contributed by atoms with Gasteiger partial charge in [0, 0.05) is 29.9 Å². The number of benzene rings is 1. The first-order valence-electron chi connectivity index (χ1n) is 8.03. The summed E-state index contributed by atoms with van der Waals surface area (Å²) < 4.78 is 5.94. The predicted octanol–water partition coefficient (Wildman–Crippen LogP) is 2.64. The van der Waals surface area contributed by atoms with Crippen LogP contribution in [0.2, 0.25) is 0 Å². The molecule has 0 saturated heterocycles. The van der Waals surface area contributed by atoms with E-state index in [0.29, 0.717) is 11.5 Å². The number of para-hydroxylation sites is 1. The summed E-state index contributed by atoms with van der Waals surface area (Å²) in [4.78, 5) is 2.18. The largest absolute Gasteiger partial charge is 0.455 e. The SMILES string of the molecule is C[C@H](CC(C)(C)C)NC1C=c2c(oc3ccccc23)=CN1C. The van der Waals surface area contributed by atoms with E-state index in [2.05, 4.69) is 69.4 Å². The fraction of sp³-hybridized carbons (Fsp3) is 0.474. The Kier molecular flexibility index (Phi) is 3.77. The van der Waals surface area contributed by atoms with Crippen molar-refractivity contribution in [1.82, 2.24) is 10.2 Å². The highest BCUT2D eigenvalue weighted by atomic mass is 16.3. The van der Waals surface area contributed by atoms with Crippen LogP contribution in [0.3, 0.4) is 0 Å². The van der Waals surface area contributed by atoms with E-state index in [9.17, 15) is 0 Å². The van der Waals surface area contributed by atoms with Crippen LogP contribution in [0.25, 0.3) is 23.2 Å². The Morgan fingerprint density at radius 3 is 2.73 bits per heavy atom. The van der Waals surface area contributed by atoms with E-state index >= 15 is 0 Å². The van der Waals surface area contributed by atoms with Gasteiger partial charge >= 0.3 is 0 Å². The Hall–Kier alpha value is -1.74. The van der Waals surface area contributed by atoms with Gasteiger partial charge in [0.1, 0.15) is 5.58 Å². The normalized spacial score (nSPS) is 19.5. The number of fused-ring (bicyclic) bond motifs is 3. The molecule has 0 saturated carbocycles. The van der Waals surface area contributed by atoms with Gasteiger partial charge in [-0.25, -0.2) is 0 Å². The Bertz CT molecular complexity index is 782. The topological polar surface area (TPSA) is 28.4 Å². The van der Waals surface area contributed by atoms with Crippen LogP contribution in [0.4, 0.5) is 0 Å². The maximum absolute atomic E-state index is 5.94. The van der Waals surface area contributed by atoms with E-state index in [1.54, 1.807) is 0 Å². The lowest BCUT2D eigenvalue weighted by Gasteiger charge is -2.32. The molecule has 1 aliphatic rings. The van der Waals surface area contributed by atoms with Crippen LogP contribution in [-0.4, -0.2) is 24.2 Å².